The van der Waals surface area contributed by atoms with E-state index in [-0.39, 0.29) is 12.4 Å². The van der Waals surface area contributed by atoms with Gasteiger partial charge < -0.3 is 14.7 Å². The number of ether oxygens (including phenoxy) is 1. The van der Waals surface area contributed by atoms with E-state index in [4.69, 9.17) is 9.84 Å². The van der Waals surface area contributed by atoms with E-state index in [1.165, 1.54) is 0 Å². The molecule has 0 radical (unpaired) electrons. The molecule has 1 heterocycles. The average molecular weight is 314 g/mol. The SMILES string of the molecule is CCCN(CCC(=O)OCC)C1CCCN(CCC(=O)O)C1. The van der Waals surface area contributed by atoms with Crippen molar-refractivity contribution in [3.63, 3.8) is 0 Å². The second-order valence-corrected chi connectivity index (χ2v) is 5.83. The third-order valence-electron chi connectivity index (χ3n) is 4.06. The van der Waals surface area contributed by atoms with Gasteiger partial charge in [0.2, 0.25) is 0 Å². The molecule has 1 N–H and O–H groups in total. The first-order chi connectivity index (χ1) is 10.6. The number of carboxylic acids is 1. The lowest BCUT2D eigenvalue weighted by Crippen LogP contribution is -2.49. The van der Waals surface area contributed by atoms with Crippen LogP contribution in [0.4, 0.5) is 0 Å². The molecule has 1 aliphatic heterocycles. The third kappa shape index (κ3) is 7.22. The number of hydrogen-bond donors (Lipinski definition) is 1. The molecule has 0 amide bonds. The van der Waals surface area contributed by atoms with Crippen molar-refractivity contribution in [3.8, 4) is 0 Å². The van der Waals surface area contributed by atoms with E-state index in [2.05, 4.69) is 16.7 Å². The number of likely N-dealkylation sites (tertiary alicyclic amines) is 1. The fraction of sp³-hybridized carbons (Fsp3) is 0.875. The number of carbonyl (C=O) groups is 2. The van der Waals surface area contributed by atoms with Crippen LogP contribution in [0.3, 0.4) is 0 Å². The molecular weight excluding hydrogens is 284 g/mol. The van der Waals surface area contributed by atoms with Gasteiger partial charge in [0.05, 0.1) is 19.4 Å². The van der Waals surface area contributed by atoms with Crippen LogP contribution in [-0.4, -0.2) is 72.2 Å². The lowest BCUT2D eigenvalue weighted by molar-refractivity contribution is -0.143. The summed E-state index contributed by atoms with van der Waals surface area (Å²) in [7, 11) is 0. The highest BCUT2D eigenvalue weighted by Crippen LogP contribution is 2.17. The Bertz CT molecular complexity index is 349. The van der Waals surface area contributed by atoms with Gasteiger partial charge in [-0.2, -0.15) is 0 Å². The summed E-state index contributed by atoms with van der Waals surface area (Å²) in [5.41, 5.74) is 0. The van der Waals surface area contributed by atoms with Gasteiger partial charge in [0.25, 0.3) is 0 Å². The maximum Gasteiger partial charge on any atom is 0.307 e. The molecule has 1 rings (SSSR count). The van der Waals surface area contributed by atoms with Gasteiger partial charge in [-0.05, 0) is 39.3 Å². The van der Waals surface area contributed by atoms with E-state index in [1.54, 1.807) is 0 Å². The first-order valence-electron chi connectivity index (χ1n) is 8.40. The Morgan fingerprint density at radius 3 is 2.68 bits per heavy atom. The molecule has 22 heavy (non-hydrogen) atoms. The van der Waals surface area contributed by atoms with Crippen LogP contribution in [0.15, 0.2) is 0 Å². The summed E-state index contributed by atoms with van der Waals surface area (Å²) in [5.74, 6) is -0.878. The summed E-state index contributed by atoms with van der Waals surface area (Å²) in [6.07, 6.45) is 3.88. The Morgan fingerprint density at radius 1 is 1.27 bits per heavy atom. The van der Waals surface area contributed by atoms with Crippen molar-refractivity contribution >= 4 is 11.9 Å². The zero-order valence-corrected chi connectivity index (χ0v) is 13.9. The van der Waals surface area contributed by atoms with Gasteiger partial charge in [-0.15, -0.1) is 0 Å². The Morgan fingerprint density at radius 2 is 2.05 bits per heavy atom. The van der Waals surface area contributed by atoms with Gasteiger partial charge >= 0.3 is 11.9 Å². The molecule has 0 aromatic carbocycles. The molecule has 0 saturated carbocycles. The second kappa shape index (κ2) is 10.6. The molecule has 1 unspecified atom stereocenters. The minimum Gasteiger partial charge on any atom is -0.481 e. The summed E-state index contributed by atoms with van der Waals surface area (Å²) >= 11 is 0. The summed E-state index contributed by atoms with van der Waals surface area (Å²) in [4.78, 5) is 26.9. The van der Waals surface area contributed by atoms with Crippen molar-refractivity contribution in [3.05, 3.63) is 0 Å². The molecule has 1 aliphatic rings. The summed E-state index contributed by atoms with van der Waals surface area (Å²) in [6.45, 7) is 8.58. The van der Waals surface area contributed by atoms with Crippen molar-refractivity contribution in [2.45, 2.75) is 52.0 Å². The van der Waals surface area contributed by atoms with Gasteiger partial charge in [0, 0.05) is 25.7 Å². The van der Waals surface area contributed by atoms with E-state index in [9.17, 15) is 9.59 Å². The maximum absolute atomic E-state index is 11.6. The predicted molar refractivity (Wildman–Crippen MR) is 84.8 cm³/mol. The minimum atomic E-state index is -0.741. The molecule has 128 valence electrons. The van der Waals surface area contributed by atoms with Crippen LogP contribution in [-0.2, 0) is 14.3 Å². The lowest BCUT2D eigenvalue weighted by atomic mass is 10.0. The van der Waals surface area contributed by atoms with Crippen LogP contribution in [0, 0.1) is 0 Å². The maximum atomic E-state index is 11.6. The highest BCUT2D eigenvalue weighted by atomic mass is 16.5. The topological polar surface area (TPSA) is 70.1 Å². The highest BCUT2D eigenvalue weighted by molar-refractivity contribution is 5.69. The first kappa shape index (κ1) is 18.9. The Kier molecular flexibility index (Phi) is 9.08. The number of esters is 1. The van der Waals surface area contributed by atoms with E-state index in [0.29, 0.717) is 25.6 Å². The highest BCUT2D eigenvalue weighted by Gasteiger charge is 2.25. The number of nitrogens with zero attached hydrogens (tertiary/aromatic N) is 2. The van der Waals surface area contributed by atoms with E-state index in [0.717, 1.165) is 45.4 Å². The van der Waals surface area contributed by atoms with Crippen LogP contribution >= 0.6 is 0 Å². The molecule has 0 spiro atoms. The van der Waals surface area contributed by atoms with E-state index < -0.39 is 5.97 Å². The normalized spacial score (nSPS) is 19.3. The second-order valence-electron chi connectivity index (χ2n) is 5.83. The number of piperidine rings is 1. The number of aliphatic carboxylic acids is 1. The molecular formula is C16H30N2O4. The summed E-state index contributed by atoms with van der Waals surface area (Å²) < 4.78 is 5.00. The number of rotatable bonds is 10. The molecule has 1 fully saturated rings. The molecule has 6 nitrogen and oxygen atoms in total. The van der Waals surface area contributed by atoms with Crippen molar-refractivity contribution in [1.29, 1.82) is 0 Å². The summed E-state index contributed by atoms with van der Waals surface area (Å²) in [5, 5.41) is 8.81. The molecule has 6 heteroatoms. The number of carbonyl (C=O) groups excluding carboxylic acids is 1. The minimum absolute atomic E-state index is 0.137. The van der Waals surface area contributed by atoms with Gasteiger partial charge in [-0.1, -0.05) is 6.92 Å². The van der Waals surface area contributed by atoms with Crippen molar-refractivity contribution in [2.75, 3.05) is 39.3 Å². The van der Waals surface area contributed by atoms with Crippen LogP contribution in [0.25, 0.3) is 0 Å². The van der Waals surface area contributed by atoms with Crippen molar-refractivity contribution in [2.24, 2.45) is 0 Å². The van der Waals surface area contributed by atoms with E-state index >= 15 is 0 Å². The Balaban J connectivity index is 2.47. The fourth-order valence-electron chi connectivity index (χ4n) is 3.02. The van der Waals surface area contributed by atoms with Crippen LogP contribution < -0.4 is 0 Å². The van der Waals surface area contributed by atoms with Crippen molar-refractivity contribution < 1.29 is 19.4 Å². The largest absolute Gasteiger partial charge is 0.481 e. The van der Waals surface area contributed by atoms with Crippen LogP contribution in [0.1, 0.15) is 46.0 Å². The molecule has 1 atom stereocenters. The van der Waals surface area contributed by atoms with Gasteiger partial charge in [0.1, 0.15) is 0 Å². The van der Waals surface area contributed by atoms with Crippen LogP contribution in [0.5, 0.6) is 0 Å². The zero-order chi connectivity index (χ0) is 16.4. The zero-order valence-electron chi connectivity index (χ0n) is 13.9. The molecule has 1 saturated heterocycles. The smallest absolute Gasteiger partial charge is 0.307 e. The molecule has 0 bridgehead atoms. The fourth-order valence-corrected chi connectivity index (χ4v) is 3.02. The first-order valence-corrected chi connectivity index (χ1v) is 8.40. The third-order valence-corrected chi connectivity index (χ3v) is 4.06. The quantitative estimate of drug-likeness (QED) is 0.618. The molecule has 0 aromatic heterocycles. The average Bonchev–Trinajstić information content (AvgIpc) is 2.50. The monoisotopic (exact) mass is 314 g/mol. The summed E-state index contributed by atoms with van der Waals surface area (Å²) in [6, 6.07) is 0.414. The number of carboxylic acid groups (broad SMARTS) is 1. The lowest BCUT2D eigenvalue weighted by Gasteiger charge is -2.39. The van der Waals surface area contributed by atoms with E-state index in [1.807, 2.05) is 6.92 Å². The van der Waals surface area contributed by atoms with Crippen molar-refractivity contribution in [1.82, 2.24) is 9.80 Å². The number of hydrogen-bond acceptors (Lipinski definition) is 5. The van der Waals surface area contributed by atoms with Crippen LogP contribution in [0.2, 0.25) is 0 Å². The predicted octanol–water partition coefficient (Wildman–Crippen LogP) is 1.59. The van der Waals surface area contributed by atoms with Gasteiger partial charge in [0.15, 0.2) is 0 Å². The molecule has 0 aliphatic carbocycles. The standard InChI is InChI=1S/C16H30N2O4/c1-3-9-18(12-8-16(21)22-4-2)14-6-5-10-17(13-14)11-7-15(19)20/h14H,3-13H2,1-2H3,(H,19,20). The Labute approximate surface area is 133 Å². The molecule has 0 aromatic rings. The Hall–Kier alpha value is -1.14. The van der Waals surface area contributed by atoms with Gasteiger partial charge in [-0.25, -0.2) is 0 Å². The van der Waals surface area contributed by atoms with Gasteiger partial charge in [-0.3, -0.25) is 14.5 Å².